The maximum atomic E-state index is 12.4. The third-order valence-corrected chi connectivity index (χ3v) is 5.15. The molecule has 9 heteroatoms. The number of nitrogens with one attached hydrogen (secondary N) is 3. The molecule has 1 aliphatic heterocycles. The van der Waals surface area contributed by atoms with Crippen LogP contribution in [-0.2, 0) is 9.59 Å². The molecule has 1 fully saturated rings. The first-order valence-electron chi connectivity index (χ1n) is 10.1. The molecule has 0 unspecified atom stereocenters. The van der Waals surface area contributed by atoms with Crippen LogP contribution in [0.3, 0.4) is 0 Å². The number of fused-ring (bicyclic) bond motifs is 1. The van der Waals surface area contributed by atoms with Gasteiger partial charge in [0.1, 0.15) is 0 Å². The van der Waals surface area contributed by atoms with E-state index in [9.17, 15) is 4.79 Å². The molecule has 0 atom stereocenters. The minimum atomic E-state index is -0.833. The first-order valence-corrected chi connectivity index (χ1v) is 11.1. The van der Waals surface area contributed by atoms with E-state index in [2.05, 4.69) is 28.4 Å². The average molecular weight is 442 g/mol. The zero-order valence-corrected chi connectivity index (χ0v) is 20.2. The van der Waals surface area contributed by atoms with Gasteiger partial charge in [-0.2, -0.15) is 0 Å². The van der Waals surface area contributed by atoms with Crippen LogP contribution in [-0.4, -0.2) is 56.7 Å². The van der Waals surface area contributed by atoms with Crippen LogP contribution in [0, 0.1) is 0 Å². The van der Waals surface area contributed by atoms with E-state index in [1.807, 2.05) is 55.5 Å². The van der Waals surface area contributed by atoms with Crippen LogP contribution < -0.4 is 23.8 Å². The molecule has 3 aromatic carbocycles. The van der Waals surface area contributed by atoms with E-state index in [0.717, 1.165) is 62.6 Å². The number of carboxylic acid groups (broad SMARTS) is 1. The summed E-state index contributed by atoms with van der Waals surface area (Å²) in [6.07, 6.45) is 1.80. The van der Waals surface area contributed by atoms with Gasteiger partial charge >= 0.3 is 138 Å². The van der Waals surface area contributed by atoms with Gasteiger partial charge in [-0.05, 0) is 12.3 Å². The molecule has 1 heterocycles. The van der Waals surface area contributed by atoms with E-state index in [-0.39, 0.29) is 5.91 Å². The number of hydrogen-bond donors (Lipinski definition) is 4. The van der Waals surface area contributed by atoms with Gasteiger partial charge in [-0.1, -0.05) is 24.3 Å². The van der Waals surface area contributed by atoms with Crippen molar-refractivity contribution >= 4 is 65.2 Å². The van der Waals surface area contributed by atoms with E-state index in [1.165, 1.54) is 8.04 Å². The van der Waals surface area contributed by atoms with Crippen LogP contribution in [0.4, 0.5) is 5.69 Å². The van der Waals surface area contributed by atoms with Gasteiger partial charge in [0.05, 0.1) is 6.61 Å². The minimum Gasteiger partial charge on any atom is -0.0616 e. The summed E-state index contributed by atoms with van der Waals surface area (Å²) >= 11 is 1.01. The van der Waals surface area contributed by atoms with E-state index < -0.39 is 5.97 Å². The van der Waals surface area contributed by atoms with Crippen LogP contribution in [0.1, 0.15) is 19.4 Å². The summed E-state index contributed by atoms with van der Waals surface area (Å²) in [5, 5.41) is 11.0. The van der Waals surface area contributed by atoms with Crippen molar-refractivity contribution < 1.29 is 19.4 Å². The Labute approximate surface area is 203 Å². The van der Waals surface area contributed by atoms with E-state index in [0.29, 0.717) is 12.3 Å². The maximum absolute atomic E-state index is 12.4. The van der Waals surface area contributed by atoms with Crippen LogP contribution in [0.5, 0.6) is 5.75 Å². The predicted octanol–water partition coefficient (Wildman–Crippen LogP) is 2.34. The number of nitrogens with zero attached hydrogens (tertiary/aromatic N) is 1. The molecule has 160 valence electrons. The van der Waals surface area contributed by atoms with Crippen molar-refractivity contribution in [3.8, 4) is 5.75 Å². The topological polar surface area (TPSA) is 103 Å². The number of anilines is 1. The summed E-state index contributed by atoms with van der Waals surface area (Å²) in [4.78, 5) is 21.4. The number of amides is 1. The van der Waals surface area contributed by atoms with Crippen LogP contribution in [0.25, 0.3) is 16.8 Å². The van der Waals surface area contributed by atoms with E-state index in [1.54, 1.807) is 6.08 Å². The molecule has 4 N–H and O–H groups in total. The van der Waals surface area contributed by atoms with Gasteiger partial charge in [-0.15, -0.1) is 0 Å². The molecule has 0 saturated carbocycles. The van der Waals surface area contributed by atoms with Crippen molar-refractivity contribution in [3.63, 3.8) is 0 Å². The van der Waals surface area contributed by atoms with Crippen molar-refractivity contribution in [1.82, 2.24) is 16.1 Å². The molecular weight excluding hydrogens is 419 g/mol. The first kappa shape index (κ1) is 23.6. The van der Waals surface area contributed by atoms with Crippen molar-refractivity contribution in [3.05, 3.63) is 71.9 Å². The van der Waals surface area contributed by atoms with Crippen molar-refractivity contribution in [2.45, 2.75) is 13.8 Å². The van der Waals surface area contributed by atoms with Crippen LogP contribution in [0.15, 0.2) is 66.4 Å². The molecule has 4 rings (SSSR count). The molecule has 1 saturated heterocycles. The summed E-state index contributed by atoms with van der Waals surface area (Å²) in [5.41, 5.74) is 11.1. The van der Waals surface area contributed by atoms with Crippen LogP contribution >= 0.6 is 0 Å². The third-order valence-electron chi connectivity index (χ3n) is 4.48. The fourth-order valence-electron chi connectivity index (χ4n) is 3.11. The Kier molecular flexibility index (Phi) is 8.13. The summed E-state index contributed by atoms with van der Waals surface area (Å²) in [6, 6.07) is 20.1. The summed E-state index contributed by atoms with van der Waals surface area (Å²) < 4.78 is 7.21. The summed E-state index contributed by atoms with van der Waals surface area (Å²) in [7, 11) is 0. The molecule has 3 aromatic rings. The van der Waals surface area contributed by atoms with Gasteiger partial charge in [0.15, 0.2) is 0 Å². The Balaban J connectivity index is 0.000000668. The molecule has 0 radical (unpaired) electrons. The van der Waals surface area contributed by atoms with Gasteiger partial charge in [0.25, 0.3) is 5.97 Å². The van der Waals surface area contributed by atoms with E-state index in [4.69, 9.17) is 14.6 Å². The monoisotopic (exact) mass is 442 g/mol. The number of carbonyl (C=O) groups excluding carboxylic acids is 1. The Morgan fingerprint density at radius 2 is 1.81 bits per heavy atom. The molecule has 0 aromatic heterocycles. The Morgan fingerprint density at radius 3 is 2.50 bits per heavy atom. The zero-order valence-electron chi connectivity index (χ0n) is 18.2. The van der Waals surface area contributed by atoms with Crippen molar-refractivity contribution in [1.29, 1.82) is 0 Å². The second kappa shape index (κ2) is 11.0. The van der Waals surface area contributed by atoms with Gasteiger partial charge < -0.3 is 5.11 Å². The molecule has 1 aliphatic rings. The van der Waals surface area contributed by atoms with Crippen molar-refractivity contribution in [2.75, 3.05) is 12.0 Å². The molecule has 0 spiro atoms. The standard InChI is InChI=1S/C21H19N4O2.C2H4O2.Na/c1-2-27-20-16(13-12-15-8-6-7-11-18(15)20)14-19-21(26)24-25(23-19)22-17-9-4-3-5-10-17;1-2(3)4;/h4-14,22-23H,2H2,1H3,(H,24,26);1H3,(H,3,4);. The Morgan fingerprint density at radius 1 is 1.12 bits per heavy atom. The predicted molar refractivity (Wildman–Crippen MR) is 125 cm³/mol. The molecule has 1 amide bonds. The number of rotatable bonds is 5. The fourth-order valence-corrected chi connectivity index (χ4v) is 3.44. The number of hydrogen-bond acceptors (Lipinski definition) is 6. The Bertz CT molecular complexity index is 1140. The fraction of sp³-hybridized carbons (Fsp3) is 0.130. The quantitative estimate of drug-likeness (QED) is 0.355. The molecular formula is C23H23N4NaO4. The smallest absolute Gasteiger partial charge is 0.0616 e. The number of aliphatic carboxylic acids is 1. The average Bonchev–Trinajstić information content (AvgIpc) is 3.10. The summed E-state index contributed by atoms with van der Waals surface area (Å²) in [6.45, 7) is 3.59. The zero-order chi connectivity index (χ0) is 23.1. The molecule has 8 nitrogen and oxygen atoms in total. The minimum absolute atomic E-state index is 0.220. The number of benzene rings is 3. The van der Waals surface area contributed by atoms with Gasteiger partial charge in [0, 0.05) is 6.92 Å². The second-order valence-electron chi connectivity index (χ2n) is 7.08. The second-order valence-corrected chi connectivity index (χ2v) is 8.24. The first-order chi connectivity index (χ1) is 15.4. The molecule has 32 heavy (non-hydrogen) atoms. The van der Waals surface area contributed by atoms with Gasteiger partial charge in [-0.3, -0.25) is 4.79 Å². The Hall–Kier alpha value is -3.04. The number of carbonyl (C=O) groups is 2. The number of ether oxygens (including phenoxy) is 1. The van der Waals surface area contributed by atoms with Crippen molar-refractivity contribution in [2.24, 2.45) is 0 Å². The van der Waals surface area contributed by atoms with E-state index >= 15 is 0 Å². The van der Waals surface area contributed by atoms with Gasteiger partial charge in [-0.25, -0.2) is 0 Å². The third kappa shape index (κ3) is 6.24. The van der Waals surface area contributed by atoms with Crippen LogP contribution in [0.2, 0.25) is 0 Å². The number of hydrazine groups is 3. The molecule has 0 bridgehead atoms. The number of carboxylic acids is 1. The van der Waals surface area contributed by atoms with Gasteiger partial charge in [0.2, 0.25) is 0 Å². The molecule has 0 aliphatic carbocycles. The normalized spacial score (nSPS) is 14.4. The summed E-state index contributed by atoms with van der Waals surface area (Å²) in [5.74, 6) is -0.278. The SMILES string of the molecule is CC(=O)O.CCOc1c(C=C2NN(Nc3cc[c]([Na])cc3)NC2=O)ccc2ccccc12.